The molecular formula is C54H74O10. The SMILES string of the molecule is CCC1(COc2ccc(C(C)(C)c3ccc(OCC(O)COCCCCCCOCC(O)COc4ccc(C(C)(C)c5ccc(OCC6(CC)COC6)cc5)cc4)cc3)cc2)COC1. The lowest BCUT2D eigenvalue weighted by atomic mass is 9.78. The topological polar surface area (TPSA) is 114 Å². The van der Waals surface area contributed by atoms with Crippen LogP contribution >= 0.6 is 0 Å². The van der Waals surface area contributed by atoms with Crippen molar-refractivity contribution in [1.82, 2.24) is 0 Å². The molecule has 0 spiro atoms. The van der Waals surface area contributed by atoms with Gasteiger partial charge in [0.05, 0.1) is 63.7 Å². The Kier molecular flexibility index (Phi) is 18.0. The Morgan fingerprint density at radius 2 is 0.750 bits per heavy atom. The van der Waals surface area contributed by atoms with Gasteiger partial charge in [0.1, 0.15) is 48.4 Å². The molecule has 0 aromatic heterocycles. The van der Waals surface area contributed by atoms with E-state index in [4.69, 9.17) is 37.9 Å². The molecule has 64 heavy (non-hydrogen) atoms. The van der Waals surface area contributed by atoms with Gasteiger partial charge in [0.25, 0.3) is 0 Å². The van der Waals surface area contributed by atoms with Gasteiger partial charge in [0.15, 0.2) is 0 Å². The first-order chi connectivity index (χ1) is 30.9. The van der Waals surface area contributed by atoms with E-state index in [2.05, 4.69) is 114 Å². The quantitative estimate of drug-likeness (QED) is 0.0511. The highest BCUT2D eigenvalue weighted by atomic mass is 16.5. The Balaban J connectivity index is 0.766. The average Bonchev–Trinajstić information content (AvgIpc) is 3.28. The van der Waals surface area contributed by atoms with Crippen molar-refractivity contribution in [3.63, 3.8) is 0 Å². The molecule has 2 fully saturated rings. The van der Waals surface area contributed by atoms with Crippen LogP contribution in [0.1, 0.15) is 102 Å². The smallest absolute Gasteiger partial charge is 0.119 e. The Bertz CT molecular complexity index is 1780. The molecule has 2 N–H and O–H groups in total. The second kappa shape index (κ2) is 23.3. The molecular weight excluding hydrogens is 809 g/mol. The van der Waals surface area contributed by atoms with E-state index in [-0.39, 0.29) is 48.1 Å². The molecule has 0 bridgehead atoms. The normalized spacial score (nSPS) is 16.6. The maximum Gasteiger partial charge on any atom is 0.119 e. The molecule has 0 amide bonds. The van der Waals surface area contributed by atoms with Crippen LogP contribution in [-0.4, -0.2) is 102 Å². The van der Waals surface area contributed by atoms with E-state index in [0.29, 0.717) is 37.9 Å². The number of unbranched alkanes of at least 4 members (excludes halogenated alkanes) is 3. The van der Waals surface area contributed by atoms with Crippen LogP contribution in [0.4, 0.5) is 0 Å². The summed E-state index contributed by atoms with van der Waals surface area (Å²) in [4.78, 5) is 0. The predicted molar refractivity (Wildman–Crippen MR) is 251 cm³/mol. The third-order valence-electron chi connectivity index (χ3n) is 13.4. The van der Waals surface area contributed by atoms with Gasteiger partial charge in [-0.3, -0.25) is 0 Å². The summed E-state index contributed by atoms with van der Waals surface area (Å²) < 4.78 is 46.2. The molecule has 4 aromatic carbocycles. The number of hydrogen-bond acceptors (Lipinski definition) is 10. The van der Waals surface area contributed by atoms with Crippen molar-refractivity contribution < 1.29 is 48.1 Å². The van der Waals surface area contributed by atoms with E-state index in [1.165, 1.54) is 22.3 Å². The van der Waals surface area contributed by atoms with Crippen molar-refractivity contribution in [3.05, 3.63) is 119 Å². The molecule has 6 rings (SSSR count). The van der Waals surface area contributed by atoms with E-state index >= 15 is 0 Å². The van der Waals surface area contributed by atoms with Gasteiger partial charge < -0.3 is 48.1 Å². The highest BCUT2D eigenvalue weighted by Gasteiger charge is 2.38. The van der Waals surface area contributed by atoms with Crippen LogP contribution in [0, 0.1) is 10.8 Å². The maximum atomic E-state index is 10.4. The van der Waals surface area contributed by atoms with Crippen molar-refractivity contribution in [2.75, 3.05) is 79.3 Å². The Morgan fingerprint density at radius 1 is 0.453 bits per heavy atom. The molecule has 2 aliphatic heterocycles. The fourth-order valence-electron chi connectivity index (χ4n) is 7.92. The van der Waals surface area contributed by atoms with Gasteiger partial charge >= 0.3 is 0 Å². The molecule has 10 heteroatoms. The number of ether oxygens (including phenoxy) is 8. The third-order valence-corrected chi connectivity index (χ3v) is 13.4. The van der Waals surface area contributed by atoms with Crippen LogP contribution in [0.5, 0.6) is 23.0 Å². The van der Waals surface area contributed by atoms with Gasteiger partial charge in [-0.1, -0.05) is 103 Å². The minimum absolute atomic E-state index is 0.154. The standard InChI is InChI=1S/C54H74O10/c1-7-53(35-59-36-53)39-63-49-25-17-43(18-26-49)51(3,4)41-13-21-47(22-14-41)61-33-45(55)31-57-29-11-9-10-12-30-58-32-46(56)34-62-48-23-15-42(16-24-48)52(5,6)44-19-27-50(28-20-44)64-40-54(8-2)37-60-38-54/h13-28,45-46,55-56H,7-12,29-40H2,1-6H3. The summed E-state index contributed by atoms with van der Waals surface area (Å²) in [6.45, 7) is 19.6. The zero-order valence-corrected chi connectivity index (χ0v) is 39.3. The highest BCUT2D eigenvalue weighted by molar-refractivity contribution is 5.43. The average molecular weight is 883 g/mol. The summed E-state index contributed by atoms with van der Waals surface area (Å²) in [6.07, 6.45) is 4.49. The summed E-state index contributed by atoms with van der Waals surface area (Å²) in [6, 6.07) is 32.9. The Morgan fingerprint density at radius 3 is 1.02 bits per heavy atom. The second-order valence-electron chi connectivity index (χ2n) is 19.1. The van der Waals surface area contributed by atoms with E-state index in [0.717, 1.165) is 76.5 Å². The summed E-state index contributed by atoms with van der Waals surface area (Å²) >= 11 is 0. The number of benzene rings is 4. The first-order valence-electron chi connectivity index (χ1n) is 23.5. The maximum absolute atomic E-state index is 10.4. The lowest BCUT2D eigenvalue weighted by Gasteiger charge is -2.40. The lowest BCUT2D eigenvalue weighted by molar-refractivity contribution is -0.133. The first-order valence-corrected chi connectivity index (χ1v) is 23.5. The van der Waals surface area contributed by atoms with Crippen molar-refractivity contribution in [1.29, 1.82) is 0 Å². The largest absolute Gasteiger partial charge is 0.493 e. The molecule has 0 aliphatic carbocycles. The Hall–Kier alpha value is -4.16. The molecule has 0 saturated carbocycles. The summed E-state index contributed by atoms with van der Waals surface area (Å²) in [5.74, 6) is 3.19. The molecule has 2 aliphatic rings. The third kappa shape index (κ3) is 13.7. The Labute approximate surface area is 382 Å². The van der Waals surface area contributed by atoms with Crippen LogP contribution in [-0.2, 0) is 29.8 Å². The van der Waals surface area contributed by atoms with E-state index in [1.54, 1.807) is 0 Å². The molecule has 350 valence electrons. The van der Waals surface area contributed by atoms with Crippen molar-refractivity contribution >= 4 is 0 Å². The molecule has 4 aromatic rings. The van der Waals surface area contributed by atoms with Crippen LogP contribution in [0.15, 0.2) is 97.1 Å². The van der Waals surface area contributed by atoms with Crippen LogP contribution in [0.25, 0.3) is 0 Å². The lowest BCUT2D eigenvalue weighted by Crippen LogP contribution is -2.46. The van der Waals surface area contributed by atoms with E-state index in [1.807, 2.05) is 24.3 Å². The summed E-state index contributed by atoms with van der Waals surface area (Å²) in [5.41, 5.74) is 4.65. The zero-order valence-electron chi connectivity index (χ0n) is 39.3. The fraction of sp³-hybridized carbons (Fsp3) is 0.556. The molecule has 2 unspecified atom stereocenters. The number of hydrogen-bond donors (Lipinski definition) is 2. The molecule has 0 radical (unpaired) electrons. The van der Waals surface area contributed by atoms with Crippen molar-refractivity contribution in [2.24, 2.45) is 10.8 Å². The van der Waals surface area contributed by atoms with Gasteiger partial charge in [-0.25, -0.2) is 0 Å². The van der Waals surface area contributed by atoms with Gasteiger partial charge in [-0.15, -0.1) is 0 Å². The van der Waals surface area contributed by atoms with E-state index < -0.39 is 12.2 Å². The minimum Gasteiger partial charge on any atom is -0.493 e. The number of rotatable bonds is 29. The van der Waals surface area contributed by atoms with E-state index in [9.17, 15) is 10.2 Å². The summed E-state index contributed by atoms with van der Waals surface area (Å²) in [7, 11) is 0. The minimum atomic E-state index is -0.711. The fourth-order valence-corrected chi connectivity index (χ4v) is 7.92. The molecule has 2 saturated heterocycles. The first kappa shape index (κ1) is 49.3. The van der Waals surface area contributed by atoms with Crippen LogP contribution in [0.2, 0.25) is 0 Å². The molecule has 10 nitrogen and oxygen atoms in total. The van der Waals surface area contributed by atoms with Crippen molar-refractivity contribution in [2.45, 2.75) is 103 Å². The van der Waals surface area contributed by atoms with Gasteiger partial charge in [0.2, 0.25) is 0 Å². The van der Waals surface area contributed by atoms with Gasteiger partial charge in [-0.05, 0) is 96.5 Å². The number of aliphatic hydroxyl groups is 2. The summed E-state index contributed by atoms with van der Waals surface area (Å²) in [5, 5.41) is 20.9. The number of aliphatic hydroxyl groups excluding tert-OH is 2. The van der Waals surface area contributed by atoms with Gasteiger partial charge in [0, 0.05) is 24.0 Å². The van der Waals surface area contributed by atoms with Crippen molar-refractivity contribution in [3.8, 4) is 23.0 Å². The van der Waals surface area contributed by atoms with Gasteiger partial charge in [-0.2, -0.15) is 0 Å². The second-order valence-corrected chi connectivity index (χ2v) is 19.1. The molecule has 2 atom stereocenters. The van der Waals surface area contributed by atoms with Crippen LogP contribution < -0.4 is 18.9 Å². The predicted octanol–water partition coefficient (Wildman–Crippen LogP) is 9.72. The highest BCUT2D eigenvalue weighted by Crippen LogP contribution is 2.37. The molecule has 2 heterocycles. The zero-order chi connectivity index (χ0) is 45.5. The monoisotopic (exact) mass is 883 g/mol. The van der Waals surface area contributed by atoms with Crippen LogP contribution in [0.3, 0.4) is 0 Å².